The van der Waals surface area contributed by atoms with E-state index in [0.29, 0.717) is 0 Å². The van der Waals surface area contributed by atoms with Crippen molar-refractivity contribution in [1.29, 1.82) is 0 Å². The van der Waals surface area contributed by atoms with E-state index in [1.54, 1.807) is 0 Å². The number of aliphatic hydroxyl groups is 1. The van der Waals surface area contributed by atoms with Gasteiger partial charge in [-0.05, 0) is 12.3 Å². The largest absolute Gasteiger partial charge is 0.380 e. The first kappa shape index (κ1) is 8.52. The van der Waals surface area contributed by atoms with Crippen LogP contribution in [0.1, 0.15) is 26.7 Å². The zero-order chi connectivity index (χ0) is 7.28. The van der Waals surface area contributed by atoms with E-state index in [4.69, 9.17) is 11.5 Å². The van der Waals surface area contributed by atoms with Crippen LogP contribution in [0, 0.1) is 18.3 Å². The van der Waals surface area contributed by atoms with E-state index in [-0.39, 0.29) is 5.92 Å². The highest BCUT2D eigenvalue weighted by Gasteiger charge is 2.08. The summed E-state index contributed by atoms with van der Waals surface area (Å²) in [5, 5.41) is 9.02. The molecule has 1 N–H and O–H groups in total. The first-order valence-corrected chi connectivity index (χ1v) is 3.36. The zero-order valence-electron chi connectivity index (χ0n) is 6.09. The highest BCUT2D eigenvalue weighted by atomic mass is 16.3. The van der Waals surface area contributed by atoms with Gasteiger partial charge in [-0.2, -0.15) is 0 Å². The average Bonchev–Trinajstić information content (AvgIpc) is 1.87. The monoisotopic (exact) mass is 126 g/mol. The smallest absolute Gasteiger partial charge is 0.117 e. The Bertz CT molecular complexity index is 102. The van der Waals surface area contributed by atoms with Crippen molar-refractivity contribution < 1.29 is 5.11 Å². The fraction of sp³-hybridized carbons (Fsp3) is 0.750. The number of terminal acetylenes is 1. The van der Waals surface area contributed by atoms with Crippen LogP contribution in [0.3, 0.4) is 0 Å². The Morgan fingerprint density at radius 3 is 2.56 bits per heavy atom. The van der Waals surface area contributed by atoms with Crippen LogP contribution in [0.5, 0.6) is 0 Å². The second kappa shape index (κ2) is 4.40. The van der Waals surface area contributed by atoms with Crippen molar-refractivity contribution in [3.8, 4) is 12.3 Å². The summed E-state index contributed by atoms with van der Waals surface area (Å²) in [7, 11) is 0. The van der Waals surface area contributed by atoms with Crippen molar-refractivity contribution in [1.82, 2.24) is 0 Å². The predicted octanol–water partition coefficient (Wildman–Crippen LogP) is 1.42. The minimum absolute atomic E-state index is 0.250. The Labute approximate surface area is 57.1 Å². The molecular formula is C8H14O. The molecule has 0 fully saturated rings. The quantitative estimate of drug-likeness (QED) is 0.567. The maximum atomic E-state index is 9.02. The summed E-state index contributed by atoms with van der Waals surface area (Å²) in [5.41, 5.74) is 0. The molecule has 0 aromatic rings. The van der Waals surface area contributed by atoms with Crippen molar-refractivity contribution in [2.45, 2.75) is 32.8 Å². The molecule has 0 aromatic heterocycles. The lowest BCUT2D eigenvalue weighted by Gasteiger charge is -2.10. The van der Waals surface area contributed by atoms with Crippen LogP contribution in [-0.2, 0) is 0 Å². The van der Waals surface area contributed by atoms with Crippen molar-refractivity contribution >= 4 is 0 Å². The molecule has 0 aromatic carbocycles. The first-order valence-electron chi connectivity index (χ1n) is 3.36. The second-order valence-electron chi connectivity index (χ2n) is 2.38. The fourth-order valence-electron chi connectivity index (χ4n) is 0.777. The molecule has 0 spiro atoms. The molecule has 0 radical (unpaired) electrons. The van der Waals surface area contributed by atoms with E-state index in [1.165, 1.54) is 0 Å². The van der Waals surface area contributed by atoms with Crippen LogP contribution < -0.4 is 0 Å². The molecule has 0 saturated carbocycles. The predicted molar refractivity (Wildman–Crippen MR) is 38.9 cm³/mol. The van der Waals surface area contributed by atoms with Crippen LogP contribution in [-0.4, -0.2) is 11.2 Å². The lowest BCUT2D eigenvalue weighted by Crippen LogP contribution is -2.14. The van der Waals surface area contributed by atoms with E-state index >= 15 is 0 Å². The fourth-order valence-corrected chi connectivity index (χ4v) is 0.777. The maximum Gasteiger partial charge on any atom is 0.117 e. The molecular weight excluding hydrogens is 112 g/mol. The molecule has 9 heavy (non-hydrogen) atoms. The molecule has 1 heteroatoms. The summed E-state index contributed by atoms with van der Waals surface area (Å²) >= 11 is 0. The Balaban J connectivity index is 3.48. The van der Waals surface area contributed by atoms with E-state index in [0.717, 1.165) is 12.8 Å². The SMILES string of the molecule is C#C[C@@H](O)C(C)CCC. The molecule has 0 amide bonds. The summed E-state index contributed by atoms with van der Waals surface area (Å²) in [6.07, 6.45) is 6.54. The molecule has 1 nitrogen and oxygen atoms in total. The summed E-state index contributed by atoms with van der Waals surface area (Å²) in [6.45, 7) is 4.05. The van der Waals surface area contributed by atoms with E-state index in [9.17, 15) is 0 Å². The third kappa shape index (κ3) is 3.16. The van der Waals surface area contributed by atoms with Gasteiger partial charge in [0, 0.05) is 0 Å². The van der Waals surface area contributed by atoms with Crippen molar-refractivity contribution in [2.24, 2.45) is 5.92 Å². The molecule has 0 aliphatic heterocycles. The molecule has 0 rings (SSSR count). The lowest BCUT2D eigenvalue weighted by atomic mass is 10.0. The van der Waals surface area contributed by atoms with E-state index in [1.807, 2.05) is 6.92 Å². The highest BCUT2D eigenvalue weighted by Crippen LogP contribution is 2.08. The molecule has 0 aliphatic carbocycles. The minimum atomic E-state index is -0.551. The van der Waals surface area contributed by atoms with Gasteiger partial charge in [0.15, 0.2) is 0 Å². The maximum absolute atomic E-state index is 9.02. The highest BCUT2D eigenvalue weighted by molar-refractivity contribution is 4.95. The standard InChI is InChI=1S/C8H14O/c1-4-6-7(3)8(9)5-2/h2,7-9H,4,6H2,1,3H3/t7?,8-/m1/s1. The minimum Gasteiger partial charge on any atom is -0.380 e. The van der Waals surface area contributed by atoms with E-state index in [2.05, 4.69) is 12.8 Å². The summed E-state index contributed by atoms with van der Waals surface area (Å²) in [6, 6.07) is 0. The number of rotatable bonds is 3. The lowest BCUT2D eigenvalue weighted by molar-refractivity contribution is 0.165. The average molecular weight is 126 g/mol. The van der Waals surface area contributed by atoms with Crippen LogP contribution in [0.2, 0.25) is 0 Å². The topological polar surface area (TPSA) is 20.2 Å². The van der Waals surface area contributed by atoms with Gasteiger partial charge in [-0.25, -0.2) is 0 Å². The molecule has 0 heterocycles. The van der Waals surface area contributed by atoms with Gasteiger partial charge in [0.2, 0.25) is 0 Å². The Hall–Kier alpha value is -0.480. The van der Waals surface area contributed by atoms with Crippen LogP contribution in [0.15, 0.2) is 0 Å². The second-order valence-corrected chi connectivity index (χ2v) is 2.38. The van der Waals surface area contributed by atoms with Crippen molar-refractivity contribution in [2.75, 3.05) is 0 Å². The molecule has 0 bridgehead atoms. The Morgan fingerprint density at radius 1 is 1.67 bits per heavy atom. The summed E-state index contributed by atoms with van der Waals surface area (Å²) < 4.78 is 0. The Kier molecular flexibility index (Phi) is 4.17. The third-order valence-corrected chi connectivity index (χ3v) is 1.45. The number of hydrogen-bond acceptors (Lipinski definition) is 1. The normalized spacial score (nSPS) is 16.2. The van der Waals surface area contributed by atoms with Gasteiger partial charge in [0.25, 0.3) is 0 Å². The van der Waals surface area contributed by atoms with E-state index < -0.39 is 6.10 Å². The first-order chi connectivity index (χ1) is 4.22. The van der Waals surface area contributed by atoms with Crippen molar-refractivity contribution in [3.63, 3.8) is 0 Å². The van der Waals surface area contributed by atoms with Gasteiger partial charge in [0.05, 0.1) is 0 Å². The van der Waals surface area contributed by atoms with Crippen LogP contribution >= 0.6 is 0 Å². The summed E-state index contributed by atoms with van der Waals surface area (Å²) in [5.74, 6) is 2.56. The van der Waals surface area contributed by atoms with Gasteiger partial charge < -0.3 is 5.11 Å². The Morgan fingerprint density at radius 2 is 2.22 bits per heavy atom. The van der Waals surface area contributed by atoms with Gasteiger partial charge in [0.1, 0.15) is 6.10 Å². The van der Waals surface area contributed by atoms with Crippen LogP contribution in [0.25, 0.3) is 0 Å². The third-order valence-electron chi connectivity index (χ3n) is 1.45. The zero-order valence-corrected chi connectivity index (χ0v) is 6.09. The van der Waals surface area contributed by atoms with Crippen molar-refractivity contribution in [3.05, 3.63) is 0 Å². The molecule has 0 saturated heterocycles. The molecule has 2 atom stereocenters. The van der Waals surface area contributed by atoms with Gasteiger partial charge in [-0.3, -0.25) is 0 Å². The molecule has 52 valence electrons. The van der Waals surface area contributed by atoms with Gasteiger partial charge in [-0.15, -0.1) is 6.42 Å². The van der Waals surface area contributed by atoms with Crippen LogP contribution in [0.4, 0.5) is 0 Å². The number of aliphatic hydroxyl groups excluding tert-OH is 1. The summed E-state index contributed by atoms with van der Waals surface area (Å²) in [4.78, 5) is 0. The number of hydrogen-bond donors (Lipinski definition) is 1. The van der Waals surface area contributed by atoms with Gasteiger partial charge >= 0.3 is 0 Å². The molecule has 0 aliphatic rings. The molecule has 1 unspecified atom stereocenters. The van der Waals surface area contributed by atoms with Gasteiger partial charge in [-0.1, -0.05) is 26.2 Å².